The van der Waals surface area contributed by atoms with E-state index < -0.39 is 12.0 Å². The molecular weight excluding hydrogens is 210 g/mol. The van der Waals surface area contributed by atoms with E-state index in [0.717, 1.165) is 0 Å². The zero-order valence-electron chi connectivity index (χ0n) is 9.47. The fourth-order valence-electron chi connectivity index (χ4n) is 1.01. The first kappa shape index (κ1) is 12.2. The Labute approximate surface area is 93.7 Å². The largest absolute Gasteiger partial charge is 0.480 e. The minimum atomic E-state index is -0.940. The number of carboxylic acid groups (broad SMARTS) is 1. The third-order valence-electron chi connectivity index (χ3n) is 1.73. The van der Waals surface area contributed by atoms with Gasteiger partial charge in [-0.2, -0.15) is 0 Å². The van der Waals surface area contributed by atoms with Gasteiger partial charge >= 0.3 is 5.97 Å². The van der Waals surface area contributed by atoms with Crippen molar-refractivity contribution in [3.05, 3.63) is 12.4 Å². The SMILES string of the molecule is CC(C)Oc1cc(N[C@@H](C)C(=O)O)ncn1. The lowest BCUT2D eigenvalue weighted by molar-refractivity contribution is -0.137. The summed E-state index contributed by atoms with van der Waals surface area (Å²) in [5.74, 6) is -0.0874. The van der Waals surface area contributed by atoms with Gasteiger partial charge in [0.05, 0.1) is 6.10 Å². The first-order chi connectivity index (χ1) is 7.49. The van der Waals surface area contributed by atoms with Crippen molar-refractivity contribution in [1.82, 2.24) is 9.97 Å². The van der Waals surface area contributed by atoms with E-state index >= 15 is 0 Å². The fourth-order valence-corrected chi connectivity index (χ4v) is 1.01. The van der Waals surface area contributed by atoms with Crippen molar-refractivity contribution in [3.8, 4) is 5.88 Å². The highest BCUT2D eigenvalue weighted by atomic mass is 16.5. The van der Waals surface area contributed by atoms with Crippen molar-refractivity contribution in [2.24, 2.45) is 0 Å². The number of carboxylic acids is 1. The van der Waals surface area contributed by atoms with Gasteiger partial charge in [0.2, 0.25) is 5.88 Å². The van der Waals surface area contributed by atoms with Gasteiger partial charge < -0.3 is 15.2 Å². The van der Waals surface area contributed by atoms with Gasteiger partial charge in [-0.1, -0.05) is 0 Å². The molecular formula is C10H15N3O3. The highest BCUT2D eigenvalue weighted by Gasteiger charge is 2.11. The Balaban J connectivity index is 2.70. The van der Waals surface area contributed by atoms with Crippen LogP contribution in [0.3, 0.4) is 0 Å². The molecule has 88 valence electrons. The van der Waals surface area contributed by atoms with Crippen LogP contribution in [0.4, 0.5) is 5.82 Å². The molecule has 0 aromatic carbocycles. The summed E-state index contributed by atoms with van der Waals surface area (Å²) in [5.41, 5.74) is 0. The zero-order chi connectivity index (χ0) is 12.1. The Bertz CT molecular complexity index is 368. The van der Waals surface area contributed by atoms with E-state index in [0.29, 0.717) is 11.7 Å². The summed E-state index contributed by atoms with van der Waals surface area (Å²) in [7, 11) is 0. The molecule has 0 saturated carbocycles. The van der Waals surface area contributed by atoms with Crippen molar-refractivity contribution >= 4 is 11.8 Å². The van der Waals surface area contributed by atoms with E-state index in [-0.39, 0.29) is 6.10 Å². The number of nitrogens with zero attached hydrogens (tertiary/aromatic N) is 2. The van der Waals surface area contributed by atoms with Crippen LogP contribution in [0.15, 0.2) is 12.4 Å². The maximum Gasteiger partial charge on any atom is 0.325 e. The molecule has 2 N–H and O–H groups in total. The summed E-state index contributed by atoms with van der Waals surface area (Å²) in [4.78, 5) is 18.4. The number of nitrogens with one attached hydrogen (secondary N) is 1. The Morgan fingerprint density at radius 2 is 2.12 bits per heavy atom. The summed E-state index contributed by atoms with van der Waals surface area (Å²) >= 11 is 0. The molecule has 0 aliphatic carbocycles. The Kier molecular flexibility index (Phi) is 4.04. The van der Waals surface area contributed by atoms with Crippen LogP contribution in [-0.2, 0) is 4.79 Å². The van der Waals surface area contributed by atoms with Crippen LogP contribution in [0.25, 0.3) is 0 Å². The zero-order valence-corrected chi connectivity index (χ0v) is 9.47. The topological polar surface area (TPSA) is 84.3 Å². The molecule has 1 aromatic heterocycles. The van der Waals surface area contributed by atoms with Gasteiger partial charge in [-0.05, 0) is 20.8 Å². The molecule has 1 atom stereocenters. The van der Waals surface area contributed by atoms with Gasteiger partial charge in [-0.3, -0.25) is 4.79 Å². The highest BCUT2D eigenvalue weighted by Crippen LogP contribution is 2.13. The number of aliphatic carboxylic acids is 1. The molecule has 1 heterocycles. The molecule has 0 fully saturated rings. The molecule has 0 bridgehead atoms. The van der Waals surface area contributed by atoms with Crippen molar-refractivity contribution in [3.63, 3.8) is 0 Å². The smallest absolute Gasteiger partial charge is 0.325 e. The minimum Gasteiger partial charge on any atom is -0.480 e. The second kappa shape index (κ2) is 5.29. The third kappa shape index (κ3) is 3.72. The first-order valence-electron chi connectivity index (χ1n) is 4.97. The quantitative estimate of drug-likeness (QED) is 0.782. The third-order valence-corrected chi connectivity index (χ3v) is 1.73. The van der Waals surface area contributed by atoms with E-state index in [1.54, 1.807) is 6.07 Å². The molecule has 1 aromatic rings. The molecule has 0 aliphatic heterocycles. The number of anilines is 1. The number of ether oxygens (including phenoxy) is 1. The molecule has 0 saturated heterocycles. The van der Waals surface area contributed by atoms with E-state index in [9.17, 15) is 4.79 Å². The maximum absolute atomic E-state index is 10.6. The minimum absolute atomic E-state index is 0.0136. The predicted octanol–water partition coefficient (Wildman–Crippen LogP) is 1.15. The van der Waals surface area contributed by atoms with Crippen LogP contribution < -0.4 is 10.1 Å². The number of aromatic nitrogens is 2. The Morgan fingerprint density at radius 3 is 2.69 bits per heavy atom. The van der Waals surface area contributed by atoms with E-state index in [1.165, 1.54) is 13.3 Å². The molecule has 0 amide bonds. The van der Waals surface area contributed by atoms with Gasteiger partial charge in [0, 0.05) is 6.07 Å². The monoisotopic (exact) mass is 225 g/mol. The lowest BCUT2D eigenvalue weighted by Crippen LogP contribution is -2.25. The molecule has 16 heavy (non-hydrogen) atoms. The van der Waals surface area contributed by atoms with Gasteiger partial charge in [-0.15, -0.1) is 0 Å². The van der Waals surface area contributed by atoms with Crippen molar-refractivity contribution in [2.45, 2.75) is 32.9 Å². The second-order valence-electron chi connectivity index (χ2n) is 3.61. The normalized spacial score (nSPS) is 12.2. The average Bonchev–Trinajstić information content (AvgIpc) is 2.16. The standard InChI is InChI=1S/C10H15N3O3/c1-6(2)16-9-4-8(11-5-12-9)13-7(3)10(14)15/h4-7H,1-3H3,(H,14,15)(H,11,12,13)/t7-/m0/s1. The summed E-state index contributed by atoms with van der Waals surface area (Å²) < 4.78 is 5.36. The molecule has 0 unspecified atom stereocenters. The van der Waals surface area contributed by atoms with Crippen LogP contribution in [-0.4, -0.2) is 33.2 Å². The summed E-state index contributed by atoms with van der Waals surface area (Å²) in [6.07, 6.45) is 1.34. The number of hydrogen-bond donors (Lipinski definition) is 2. The van der Waals surface area contributed by atoms with Crippen LogP contribution in [0.2, 0.25) is 0 Å². The average molecular weight is 225 g/mol. The molecule has 0 spiro atoms. The first-order valence-corrected chi connectivity index (χ1v) is 4.97. The van der Waals surface area contributed by atoms with Crippen LogP contribution in [0.5, 0.6) is 5.88 Å². The molecule has 0 radical (unpaired) electrons. The van der Waals surface area contributed by atoms with E-state index in [2.05, 4.69) is 15.3 Å². The van der Waals surface area contributed by atoms with Crippen molar-refractivity contribution in [1.29, 1.82) is 0 Å². The van der Waals surface area contributed by atoms with Crippen molar-refractivity contribution < 1.29 is 14.6 Å². The number of rotatable bonds is 5. The van der Waals surface area contributed by atoms with Crippen LogP contribution in [0, 0.1) is 0 Å². The Morgan fingerprint density at radius 1 is 1.44 bits per heavy atom. The summed E-state index contributed by atoms with van der Waals surface area (Å²) in [6.45, 7) is 5.30. The van der Waals surface area contributed by atoms with E-state index in [1.807, 2.05) is 13.8 Å². The molecule has 1 rings (SSSR count). The van der Waals surface area contributed by atoms with Gasteiger partial charge in [0.25, 0.3) is 0 Å². The van der Waals surface area contributed by atoms with Gasteiger partial charge in [-0.25, -0.2) is 9.97 Å². The molecule has 0 aliphatic rings. The lowest BCUT2D eigenvalue weighted by Gasteiger charge is -2.12. The van der Waals surface area contributed by atoms with Crippen LogP contribution in [0.1, 0.15) is 20.8 Å². The predicted molar refractivity (Wildman–Crippen MR) is 58.5 cm³/mol. The summed E-state index contributed by atoms with van der Waals surface area (Å²) in [6, 6.07) is 0.862. The van der Waals surface area contributed by atoms with Crippen molar-refractivity contribution in [2.75, 3.05) is 5.32 Å². The fraction of sp³-hybridized carbons (Fsp3) is 0.500. The molecule has 6 heteroatoms. The Hall–Kier alpha value is -1.85. The molecule has 6 nitrogen and oxygen atoms in total. The van der Waals surface area contributed by atoms with Gasteiger partial charge in [0.15, 0.2) is 0 Å². The highest BCUT2D eigenvalue weighted by molar-refractivity contribution is 5.76. The van der Waals surface area contributed by atoms with E-state index in [4.69, 9.17) is 9.84 Å². The summed E-state index contributed by atoms with van der Waals surface area (Å²) in [5, 5.41) is 11.4. The number of carbonyl (C=O) groups is 1. The maximum atomic E-state index is 10.6. The van der Waals surface area contributed by atoms with Crippen LogP contribution >= 0.6 is 0 Å². The lowest BCUT2D eigenvalue weighted by atomic mass is 10.3. The van der Waals surface area contributed by atoms with Gasteiger partial charge in [0.1, 0.15) is 18.2 Å². The second-order valence-corrected chi connectivity index (χ2v) is 3.61. The number of hydrogen-bond acceptors (Lipinski definition) is 5.